The summed E-state index contributed by atoms with van der Waals surface area (Å²) in [6, 6.07) is 5.15. The first-order chi connectivity index (χ1) is 9.83. The van der Waals surface area contributed by atoms with Crippen LogP contribution in [0.4, 0.5) is 4.39 Å². The summed E-state index contributed by atoms with van der Waals surface area (Å²) in [6.45, 7) is 6.56. The molecule has 1 N–H and O–H groups in total. The second kappa shape index (κ2) is 6.35. The van der Waals surface area contributed by atoms with E-state index < -0.39 is 0 Å². The molecule has 3 heteroatoms. The monoisotopic (exact) mass is 294 g/mol. The highest BCUT2D eigenvalue weighted by Gasteiger charge is 2.38. The van der Waals surface area contributed by atoms with Gasteiger partial charge in [0.15, 0.2) is 11.6 Å². The van der Waals surface area contributed by atoms with Crippen molar-refractivity contribution < 1.29 is 14.2 Å². The normalized spacial score (nSPS) is 26.7. The van der Waals surface area contributed by atoms with Crippen molar-refractivity contribution in [1.82, 2.24) is 0 Å². The number of benzene rings is 1. The zero-order valence-electron chi connectivity index (χ0n) is 13.5. The molecule has 1 aromatic rings. The third-order valence-electron chi connectivity index (χ3n) is 4.96. The van der Waals surface area contributed by atoms with Crippen molar-refractivity contribution in [3.63, 3.8) is 0 Å². The van der Waals surface area contributed by atoms with Gasteiger partial charge in [-0.1, -0.05) is 33.3 Å². The summed E-state index contributed by atoms with van der Waals surface area (Å²) in [5.74, 6) is 0.844. The summed E-state index contributed by atoms with van der Waals surface area (Å²) < 4.78 is 18.8. The first-order valence-corrected chi connectivity index (χ1v) is 7.84. The molecule has 0 saturated heterocycles. The minimum atomic E-state index is -0.316. The summed E-state index contributed by atoms with van der Waals surface area (Å²) in [6.07, 6.45) is 3.62. The first kappa shape index (κ1) is 16.3. The van der Waals surface area contributed by atoms with Crippen LogP contribution in [0.25, 0.3) is 0 Å². The average molecular weight is 294 g/mol. The van der Waals surface area contributed by atoms with Crippen molar-refractivity contribution in [2.24, 2.45) is 17.3 Å². The molecule has 3 atom stereocenters. The summed E-state index contributed by atoms with van der Waals surface area (Å²) in [5.41, 5.74) is 0.921. The molecule has 3 unspecified atom stereocenters. The number of ether oxygens (including phenoxy) is 1. The zero-order chi connectivity index (χ0) is 15.6. The van der Waals surface area contributed by atoms with E-state index in [0.717, 1.165) is 24.8 Å². The molecule has 118 valence electrons. The third kappa shape index (κ3) is 3.76. The van der Waals surface area contributed by atoms with Crippen LogP contribution in [0, 0.1) is 23.1 Å². The number of methoxy groups -OCH3 is 1. The number of hydrogen-bond acceptors (Lipinski definition) is 2. The molecule has 0 bridgehead atoms. The number of rotatable bonds is 4. The largest absolute Gasteiger partial charge is 0.494 e. The van der Waals surface area contributed by atoms with E-state index in [9.17, 15) is 9.50 Å². The summed E-state index contributed by atoms with van der Waals surface area (Å²) in [4.78, 5) is 0. The van der Waals surface area contributed by atoms with Crippen molar-refractivity contribution in [3.8, 4) is 5.75 Å². The van der Waals surface area contributed by atoms with Crippen LogP contribution in [-0.2, 0) is 6.42 Å². The number of aliphatic hydroxyl groups excluding tert-OH is 1. The Balaban J connectivity index is 2.11. The van der Waals surface area contributed by atoms with Crippen LogP contribution in [0.2, 0.25) is 0 Å². The lowest BCUT2D eigenvalue weighted by Gasteiger charge is -2.42. The molecule has 0 heterocycles. The Morgan fingerprint density at radius 3 is 2.62 bits per heavy atom. The molecule has 0 aliphatic heterocycles. The van der Waals surface area contributed by atoms with Crippen LogP contribution in [0.3, 0.4) is 0 Å². The van der Waals surface area contributed by atoms with Gasteiger partial charge in [-0.05, 0) is 54.2 Å². The van der Waals surface area contributed by atoms with Gasteiger partial charge in [0.2, 0.25) is 0 Å². The SMILES string of the molecule is COc1ccc(CC(C)(C)C2CCC(C)CC2O)cc1F. The zero-order valence-corrected chi connectivity index (χ0v) is 13.5. The molecule has 1 aliphatic carbocycles. The van der Waals surface area contributed by atoms with Crippen molar-refractivity contribution in [2.45, 2.75) is 52.6 Å². The Morgan fingerprint density at radius 2 is 2.05 bits per heavy atom. The maximum Gasteiger partial charge on any atom is 0.165 e. The van der Waals surface area contributed by atoms with Gasteiger partial charge in [-0.3, -0.25) is 0 Å². The van der Waals surface area contributed by atoms with E-state index >= 15 is 0 Å². The van der Waals surface area contributed by atoms with E-state index in [4.69, 9.17) is 4.74 Å². The van der Waals surface area contributed by atoms with E-state index in [1.54, 1.807) is 12.1 Å². The second-order valence-corrected chi connectivity index (χ2v) is 7.23. The van der Waals surface area contributed by atoms with Crippen LogP contribution < -0.4 is 4.74 Å². The summed E-state index contributed by atoms with van der Waals surface area (Å²) >= 11 is 0. The number of hydrogen-bond donors (Lipinski definition) is 1. The van der Waals surface area contributed by atoms with Crippen molar-refractivity contribution in [2.75, 3.05) is 7.11 Å². The van der Waals surface area contributed by atoms with Crippen molar-refractivity contribution >= 4 is 0 Å². The number of halogens is 1. The lowest BCUT2D eigenvalue weighted by atomic mass is 9.65. The van der Waals surface area contributed by atoms with Gasteiger partial charge in [-0.25, -0.2) is 4.39 Å². The van der Waals surface area contributed by atoms with E-state index in [2.05, 4.69) is 20.8 Å². The smallest absolute Gasteiger partial charge is 0.165 e. The molecule has 1 aromatic carbocycles. The second-order valence-electron chi connectivity index (χ2n) is 7.23. The van der Waals surface area contributed by atoms with Gasteiger partial charge in [0.05, 0.1) is 13.2 Å². The Morgan fingerprint density at radius 1 is 1.33 bits per heavy atom. The van der Waals surface area contributed by atoms with Gasteiger partial charge >= 0.3 is 0 Å². The highest BCUT2D eigenvalue weighted by atomic mass is 19.1. The van der Waals surface area contributed by atoms with Crippen LogP contribution >= 0.6 is 0 Å². The fraction of sp³-hybridized carbons (Fsp3) is 0.667. The molecular weight excluding hydrogens is 267 g/mol. The molecule has 0 amide bonds. The Hall–Kier alpha value is -1.09. The lowest BCUT2D eigenvalue weighted by molar-refractivity contribution is -0.0125. The van der Waals surface area contributed by atoms with Gasteiger partial charge in [0.1, 0.15) is 0 Å². The molecule has 0 radical (unpaired) electrons. The molecule has 0 spiro atoms. The highest BCUT2D eigenvalue weighted by molar-refractivity contribution is 5.30. The summed E-state index contributed by atoms with van der Waals surface area (Å²) in [7, 11) is 1.47. The predicted molar refractivity (Wildman–Crippen MR) is 82.9 cm³/mol. The molecule has 1 fully saturated rings. The topological polar surface area (TPSA) is 29.5 Å². The summed E-state index contributed by atoms with van der Waals surface area (Å²) in [5, 5.41) is 10.4. The van der Waals surface area contributed by atoms with Gasteiger partial charge < -0.3 is 9.84 Å². The van der Waals surface area contributed by atoms with E-state index in [-0.39, 0.29) is 29.0 Å². The Labute approximate surface area is 127 Å². The van der Waals surface area contributed by atoms with Crippen LogP contribution in [-0.4, -0.2) is 18.3 Å². The highest BCUT2D eigenvalue weighted by Crippen LogP contribution is 2.42. The fourth-order valence-electron chi connectivity index (χ4n) is 3.74. The third-order valence-corrected chi connectivity index (χ3v) is 4.96. The minimum Gasteiger partial charge on any atom is -0.494 e. The van der Waals surface area contributed by atoms with Gasteiger partial charge in [-0.2, -0.15) is 0 Å². The Bertz CT molecular complexity index is 484. The molecule has 2 rings (SSSR count). The van der Waals surface area contributed by atoms with Crippen molar-refractivity contribution in [1.29, 1.82) is 0 Å². The van der Waals surface area contributed by atoms with Crippen LogP contribution in [0.5, 0.6) is 5.75 Å². The maximum atomic E-state index is 13.8. The first-order valence-electron chi connectivity index (χ1n) is 7.84. The van der Waals surface area contributed by atoms with Gasteiger partial charge in [0, 0.05) is 0 Å². The van der Waals surface area contributed by atoms with E-state index in [1.807, 2.05) is 6.07 Å². The standard InChI is InChI=1S/C18H27FO2/c1-12-5-7-14(16(20)9-12)18(2,3)11-13-6-8-17(21-4)15(19)10-13/h6,8,10,12,14,16,20H,5,7,9,11H2,1-4H3. The van der Waals surface area contributed by atoms with Crippen molar-refractivity contribution in [3.05, 3.63) is 29.6 Å². The molecule has 0 aromatic heterocycles. The predicted octanol–water partition coefficient (Wildman–Crippen LogP) is 4.20. The quantitative estimate of drug-likeness (QED) is 0.902. The van der Waals surface area contributed by atoms with Crippen LogP contribution in [0.1, 0.15) is 45.6 Å². The molecule has 1 aliphatic rings. The molecule has 2 nitrogen and oxygen atoms in total. The minimum absolute atomic E-state index is 0.0411. The molecule has 21 heavy (non-hydrogen) atoms. The Kier molecular flexibility index (Phi) is 4.92. The van der Waals surface area contributed by atoms with E-state index in [1.165, 1.54) is 13.5 Å². The van der Waals surface area contributed by atoms with E-state index in [0.29, 0.717) is 5.92 Å². The number of aliphatic hydroxyl groups is 1. The maximum absolute atomic E-state index is 13.8. The molecular formula is C18H27FO2. The molecule has 1 saturated carbocycles. The lowest BCUT2D eigenvalue weighted by Crippen LogP contribution is -2.39. The van der Waals surface area contributed by atoms with Gasteiger partial charge in [0.25, 0.3) is 0 Å². The average Bonchev–Trinajstić information content (AvgIpc) is 2.37. The van der Waals surface area contributed by atoms with Crippen LogP contribution in [0.15, 0.2) is 18.2 Å². The fourth-order valence-corrected chi connectivity index (χ4v) is 3.74. The van der Waals surface area contributed by atoms with Gasteiger partial charge in [-0.15, -0.1) is 0 Å².